The molecule has 17 heavy (non-hydrogen) atoms. The van der Waals surface area contributed by atoms with Gasteiger partial charge in [-0.2, -0.15) is 0 Å². The highest BCUT2D eigenvalue weighted by molar-refractivity contribution is 5.41. The molecule has 0 saturated heterocycles. The molecule has 2 aromatic rings. The molecule has 0 aliphatic carbocycles. The number of imidazole rings is 1. The number of nitrogen functional groups attached to an aromatic ring is 1. The summed E-state index contributed by atoms with van der Waals surface area (Å²) in [5, 5.41) is 0. The number of aromatic amines is 1. The molecule has 4 nitrogen and oxygen atoms in total. The van der Waals surface area contributed by atoms with Crippen molar-refractivity contribution in [2.45, 2.75) is 20.3 Å². The number of anilines is 1. The van der Waals surface area contributed by atoms with Gasteiger partial charge in [0.25, 0.3) is 0 Å². The van der Waals surface area contributed by atoms with Gasteiger partial charge in [-0.1, -0.05) is 0 Å². The molecule has 0 atom stereocenters. The quantitative estimate of drug-likeness (QED) is 0.793. The molecule has 1 aromatic carbocycles. The zero-order valence-corrected chi connectivity index (χ0v) is 10.2. The lowest BCUT2D eigenvalue weighted by molar-refractivity contribution is 0.319. The summed E-state index contributed by atoms with van der Waals surface area (Å²) in [7, 11) is 0. The second-order valence-electron chi connectivity index (χ2n) is 4.06. The SMILES string of the molecule is Cc1nc(CCOc2ccc(N)cc2)[nH]c1C. The summed E-state index contributed by atoms with van der Waals surface area (Å²) >= 11 is 0. The Morgan fingerprint density at radius 3 is 2.53 bits per heavy atom. The standard InChI is InChI=1S/C13H17N3O/c1-9-10(2)16-13(15-9)7-8-17-12-5-3-11(14)4-6-12/h3-6H,7-8,14H2,1-2H3,(H,15,16). The first-order valence-electron chi connectivity index (χ1n) is 5.65. The maximum absolute atomic E-state index is 5.60. The normalized spacial score (nSPS) is 10.5. The monoisotopic (exact) mass is 231 g/mol. The molecule has 3 N–H and O–H groups in total. The maximum Gasteiger partial charge on any atom is 0.119 e. The van der Waals surface area contributed by atoms with Crippen molar-refractivity contribution in [3.05, 3.63) is 41.5 Å². The first-order valence-corrected chi connectivity index (χ1v) is 5.65. The van der Waals surface area contributed by atoms with Crippen LogP contribution in [0.2, 0.25) is 0 Å². The summed E-state index contributed by atoms with van der Waals surface area (Å²) in [5.74, 6) is 1.80. The van der Waals surface area contributed by atoms with Gasteiger partial charge in [-0.3, -0.25) is 0 Å². The molecule has 0 spiro atoms. The van der Waals surface area contributed by atoms with Gasteiger partial charge in [-0.05, 0) is 38.1 Å². The number of H-pyrrole nitrogens is 1. The molecule has 1 heterocycles. The third-order valence-electron chi connectivity index (χ3n) is 2.66. The van der Waals surface area contributed by atoms with Crippen LogP contribution in [0.4, 0.5) is 5.69 Å². The molecule has 0 aliphatic heterocycles. The Kier molecular flexibility index (Phi) is 3.32. The van der Waals surface area contributed by atoms with Gasteiger partial charge < -0.3 is 15.5 Å². The molecule has 1 aromatic heterocycles. The van der Waals surface area contributed by atoms with Crippen LogP contribution in [0.25, 0.3) is 0 Å². The van der Waals surface area contributed by atoms with Crippen molar-refractivity contribution in [1.82, 2.24) is 9.97 Å². The van der Waals surface area contributed by atoms with Gasteiger partial charge in [0.15, 0.2) is 0 Å². The van der Waals surface area contributed by atoms with Crippen LogP contribution in [0.15, 0.2) is 24.3 Å². The minimum Gasteiger partial charge on any atom is -0.493 e. The molecule has 2 rings (SSSR count). The summed E-state index contributed by atoms with van der Waals surface area (Å²) in [4.78, 5) is 7.63. The second-order valence-corrected chi connectivity index (χ2v) is 4.06. The number of benzene rings is 1. The van der Waals surface area contributed by atoms with E-state index in [4.69, 9.17) is 10.5 Å². The number of nitrogens with zero attached hydrogens (tertiary/aromatic N) is 1. The molecular weight excluding hydrogens is 214 g/mol. The lowest BCUT2D eigenvalue weighted by Gasteiger charge is -2.04. The Morgan fingerprint density at radius 2 is 1.94 bits per heavy atom. The van der Waals surface area contributed by atoms with E-state index in [0.717, 1.165) is 35.1 Å². The van der Waals surface area contributed by atoms with Crippen molar-refractivity contribution in [2.75, 3.05) is 12.3 Å². The van der Waals surface area contributed by atoms with Gasteiger partial charge in [0, 0.05) is 17.8 Å². The Balaban J connectivity index is 1.85. The Hall–Kier alpha value is -1.97. The molecule has 0 unspecified atom stereocenters. The van der Waals surface area contributed by atoms with Gasteiger partial charge >= 0.3 is 0 Å². The van der Waals surface area contributed by atoms with Gasteiger partial charge in [-0.25, -0.2) is 4.98 Å². The number of hydrogen-bond donors (Lipinski definition) is 2. The van der Waals surface area contributed by atoms with Crippen LogP contribution in [0.5, 0.6) is 5.75 Å². The largest absolute Gasteiger partial charge is 0.493 e. The first kappa shape index (κ1) is 11.5. The highest BCUT2D eigenvalue weighted by Gasteiger charge is 2.02. The molecule has 90 valence electrons. The topological polar surface area (TPSA) is 63.9 Å². The summed E-state index contributed by atoms with van der Waals surface area (Å²) in [6.45, 7) is 4.62. The summed E-state index contributed by atoms with van der Waals surface area (Å²) < 4.78 is 5.60. The van der Waals surface area contributed by atoms with Crippen molar-refractivity contribution in [1.29, 1.82) is 0 Å². The highest BCUT2D eigenvalue weighted by atomic mass is 16.5. The fourth-order valence-corrected chi connectivity index (χ4v) is 1.57. The number of aryl methyl sites for hydroxylation is 2. The minimum atomic E-state index is 0.607. The van der Waals surface area contributed by atoms with Crippen molar-refractivity contribution < 1.29 is 4.74 Å². The van der Waals surface area contributed by atoms with E-state index in [2.05, 4.69) is 9.97 Å². The molecule has 0 saturated carbocycles. The van der Waals surface area contributed by atoms with E-state index < -0.39 is 0 Å². The molecule has 0 aliphatic rings. The molecule has 0 fully saturated rings. The fraction of sp³-hybridized carbons (Fsp3) is 0.308. The summed E-state index contributed by atoms with van der Waals surface area (Å²) in [6.07, 6.45) is 0.777. The zero-order valence-electron chi connectivity index (χ0n) is 10.2. The molecule has 4 heteroatoms. The summed E-state index contributed by atoms with van der Waals surface area (Å²) in [6, 6.07) is 7.40. The maximum atomic E-state index is 5.60. The van der Waals surface area contributed by atoms with E-state index in [1.54, 1.807) is 0 Å². The van der Waals surface area contributed by atoms with Gasteiger partial charge in [-0.15, -0.1) is 0 Å². The van der Waals surface area contributed by atoms with E-state index in [9.17, 15) is 0 Å². The first-order chi connectivity index (χ1) is 8.15. The highest BCUT2D eigenvalue weighted by Crippen LogP contribution is 2.13. The molecule has 0 radical (unpaired) electrons. The number of ether oxygens (including phenoxy) is 1. The van der Waals surface area contributed by atoms with Crippen LogP contribution < -0.4 is 10.5 Å². The molecule has 0 bridgehead atoms. The molecule has 0 amide bonds. The van der Waals surface area contributed by atoms with Gasteiger partial charge in [0.2, 0.25) is 0 Å². The van der Waals surface area contributed by atoms with Crippen molar-refractivity contribution in [3.63, 3.8) is 0 Å². The van der Waals surface area contributed by atoms with Gasteiger partial charge in [0.05, 0.1) is 12.3 Å². The van der Waals surface area contributed by atoms with Gasteiger partial charge in [0.1, 0.15) is 11.6 Å². The lowest BCUT2D eigenvalue weighted by Crippen LogP contribution is -2.02. The van der Waals surface area contributed by atoms with Crippen LogP contribution in [-0.4, -0.2) is 16.6 Å². The van der Waals surface area contributed by atoms with Crippen molar-refractivity contribution >= 4 is 5.69 Å². The van der Waals surface area contributed by atoms with Crippen LogP contribution >= 0.6 is 0 Å². The Bertz CT molecular complexity index is 468. The third kappa shape index (κ3) is 3.00. The Labute approximate surface area is 101 Å². The lowest BCUT2D eigenvalue weighted by atomic mass is 10.3. The number of rotatable bonds is 4. The van der Waals surface area contributed by atoms with Crippen LogP contribution in [-0.2, 0) is 6.42 Å². The van der Waals surface area contributed by atoms with Crippen LogP contribution in [0, 0.1) is 13.8 Å². The fourth-order valence-electron chi connectivity index (χ4n) is 1.57. The van der Waals surface area contributed by atoms with E-state index in [1.165, 1.54) is 0 Å². The average molecular weight is 231 g/mol. The predicted molar refractivity (Wildman–Crippen MR) is 68.1 cm³/mol. The molecular formula is C13H17N3O. The van der Waals surface area contributed by atoms with Crippen LogP contribution in [0.1, 0.15) is 17.2 Å². The second kappa shape index (κ2) is 4.91. The summed E-state index contributed by atoms with van der Waals surface area (Å²) in [5.41, 5.74) is 8.51. The van der Waals surface area contributed by atoms with E-state index in [-0.39, 0.29) is 0 Å². The number of hydrogen-bond acceptors (Lipinski definition) is 3. The smallest absolute Gasteiger partial charge is 0.119 e. The minimum absolute atomic E-state index is 0.607. The number of aromatic nitrogens is 2. The predicted octanol–water partition coefficient (Wildman–Crippen LogP) is 2.23. The number of nitrogens with two attached hydrogens (primary N) is 1. The number of nitrogens with one attached hydrogen (secondary N) is 1. The van der Waals surface area contributed by atoms with E-state index in [0.29, 0.717) is 6.61 Å². The van der Waals surface area contributed by atoms with Crippen LogP contribution in [0.3, 0.4) is 0 Å². The Morgan fingerprint density at radius 1 is 1.24 bits per heavy atom. The third-order valence-corrected chi connectivity index (χ3v) is 2.66. The zero-order chi connectivity index (χ0) is 12.3. The van der Waals surface area contributed by atoms with E-state index in [1.807, 2.05) is 38.1 Å². The van der Waals surface area contributed by atoms with E-state index >= 15 is 0 Å². The van der Waals surface area contributed by atoms with Crippen molar-refractivity contribution in [2.24, 2.45) is 0 Å². The average Bonchev–Trinajstić information content (AvgIpc) is 2.61. The van der Waals surface area contributed by atoms with Crippen molar-refractivity contribution in [3.8, 4) is 5.75 Å².